The summed E-state index contributed by atoms with van der Waals surface area (Å²) in [6, 6.07) is 0. The van der Waals surface area contributed by atoms with Gasteiger partial charge in [-0.15, -0.1) is 0 Å². The lowest BCUT2D eigenvalue weighted by molar-refractivity contribution is 0.286. The van der Waals surface area contributed by atoms with Gasteiger partial charge in [0.15, 0.2) is 0 Å². The van der Waals surface area contributed by atoms with Crippen molar-refractivity contribution < 1.29 is 5.11 Å². The molecule has 72 valence electrons. The minimum atomic E-state index is 0.312. The summed E-state index contributed by atoms with van der Waals surface area (Å²) in [6.45, 7) is 4.75. The molecule has 2 heteroatoms. The fourth-order valence-electron chi connectivity index (χ4n) is 1.62. The minimum absolute atomic E-state index is 0.312. The van der Waals surface area contributed by atoms with Crippen molar-refractivity contribution in [2.75, 3.05) is 19.7 Å². The molecule has 0 saturated heterocycles. The molecular formula is C10H21NO. The number of rotatable bonds is 7. The first-order chi connectivity index (χ1) is 5.84. The third-order valence-corrected chi connectivity index (χ3v) is 2.72. The van der Waals surface area contributed by atoms with E-state index in [1.54, 1.807) is 0 Å². The van der Waals surface area contributed by atoms with Gasteiger partial charge in [-0.1, -0.05) is 6.92 Å². The van der Waals surface area contributed by atoms with E-state index in [0.717, 1.165) is 31.3 Å². The van der Waals surface area contributed by atoms with Gasteiger partial charge in [-0.2, -0.15) is 0 Å². The minimum Gasteiger partial charge on any atom is -0.396 e. The topological polar surface area (TPSA) is 32.3 Å². The van der Waals surface area contributed by atoms with Crippen LogP contribution in [0, 0.1) is 11.8 Å². The van der Waals surface area contributed by atoms with Gasteiger partial charge in [0, 0.05) is 6.61 Å². The summed E-state index contributed by atoms with van der Waals surface area (Å²) in [6.07, 6.45) is 5.05. The van der Waals surface area contributed by atoms with Crippen LogP contribution in [0.3, 0.4) is 0 Å². The largest absolute Gasteiger partial charge is 0.396 e. The van der Waals surface area contributed by atoms with E-state index >= 15 is 0 Å². The zero-order chi connectivity index (χ0) is 8.81. The SMILES string of the molecule is CC1CC1CCCNCCCO. The molecule has 0 amide bonds. The van der Waals surface area contributed by atoms with E-state index in [4.69, 9.17) is 5.11 Å². The van der Waals surface area contributed by atoms with Crippen LogP contribution in [0.5, 0.6) is 0 Å². The number of aliphatic hydroxyl groups is 1. The van der Waals surface area contributed by atoms with Gasteiger partial charge in [0.2, 0.25) is 0 Å². The third kappa shape index (κ3) is 4.07. The lowest BCUT2D eigenvalue weighted by Gasteiger charge is -2.02. The summed E-state index contributed by atoms with van der Waals surface area (Å²) in [5.41, 5.74) is 0. The lowest BCUT2D eigenvalue weighted by Crippen LogP contribution is -2.17. The molecule has 2 N–H and O–H groups in total. The van der Waals surface area contributed by atoms with Crippen LogP contribution in [0.2, 0.25) is 0 Å². The first-order valence-electron chi connectivity index (χ1n) is 5.16. The van der Waals surface area contributed by atoms with E-state index in [1.165, 1.54) is 19.3 Å². The van der Waals surface area contributed by atoms with Crippen LogP contribution in [0.15, 0.2) is 0 Å². The highest BCUT2D eigenvalue weighted by Crippen LogP contribution is 2.40. The van der Waals surface area contributed by atoms with E-state index in [9.17, 15) is 0 Å². The summed E-state index contributed by atoms with van der Waals surface area (Å²) in [5.74, 6) is 2.03. The van der Waals surface area contributed by atoms with Crippen molar-refractivity contribution in [3.05, 3.63) is 0 Å². The summed E-state index contributed by atoms with van der Waals surface area (Å²) in [5, 5.41) is 11.8. The number of hydrogen-bond donors (Lipinski definition) is 2. The van der Waals surface area contributed by atoms with Gasteiger partial charge >= 0.3 is 0 Å². The highest BCUT2D eigenvalue weighted by atomic mass is 16.3. The molecule has 1 rings (SSSR count). The van der Waals surface area contributed by atoms with Crippen molar-refractivity contribution in [1.29, 1.82) is 0 Å². The molecule has 1 saturated carbocycles. The predicted octanol–water partition coefficient (Wildman–Crippen LogP) is 1.39. The molecule has 0 aliphatic heterocycles. The Labute approximate surface area is 75.4 Å². The summed E-state index contributed by atoms with van der Waals surface area (Å²) < 4.78 is 0. The average Bonchev–Trinajstić information content (AvgIpc) is 2.74. The zero-order valence-electron chi connectivity index (χ0n) is 8.05. The second-order valence-electron chi connectivity index (χ2n) is 3.94. The fourth-order valence-corrected chi connectivity index (χ4v) is 1.62. The van der Waals surface area contributed by atoms with Crippen LogP contribution in [-0.4, -0.2) is 24.8 Å². The van der Waals surface area contributed by atoms with Crippen molar-refractivity contribution in [1.82, 2.24) is 5.32 Å². The summed E-state index contributed by atoms with van der Waals surface area (Å²) in [7, 11) is 0. The molecule has 0 spiro atoms. The molecule has 12 heavy (non-hydrogen) atoms. The molecule has 1 fully saturated rings. The predicted molar refractivity (Wildman–Crippen MR) is 51.1 cm³/mol. The Morgan fingerprint density at radius 3 is 2.58 bits per heavy atom. The van der Waals surface area contributed by atoms with E-state index in [0.29, 0.717) is 6.61 Å². The smallest absolute Gasteiger partial charge is 0.0443 e. The molecule has 1 aliphatic carbocycles. The molecule has 0 aromatic carbocycles. The highest BCUT2D eigenvalue weighted by molar-refractivity contribution is 4.81. The van der Waals surface area contributed by atoms with Crippen LogP contribution in [0.4, 0.5) is 0 Å². The van der Waals surface area contributed by atoms with E-state index < -0.39 is 0 Å². The molecule has 2 atom stereocenters. The van der Waals surface area contributed by atoms with Crippen LogP contribution in [-0.2, 0) is 0 Å². The second-order valence-corrected chi connectivity index (χ2v) is 3.94. The van der Waals surface area contributed by atoms with Crippen molar-refractivity contribution >= 4 is 0 Å². The summed E-state index contributed by atoms with van der Waals surface area (Å²) in [4.78, 5) is 0. The molecule has 0 bridgehead atoms. The molecule has 2 unspecified atom stereocenters. The zero-order valence-corrected chi connectivity index (χ0v) is 8.05. The third-order valence-electron chi connectivity index (χ3n) is 2.72. The van der Waals surface area contributed by atoms with Crippen molar-refractivity contribution in [3.63, 3.8) is 0 Å². The van der Waals surface area contributed by atoms with Gasteiger partial charge < -0.3 is 10.4 Å². The summed E-state index contributed by atoms with van der Waals surface area (Å²) >= 11 is 0. The molecule has 1 aliphatic rings. The Balaban J connectivity index is 1.72. The number of aliphatic hydroxyl groups excluding tert-OH is 1. The Bertz CT molecular complexity index is 116. The molecule has 0 radical (unpaired) electrons. The Morgan fingerprint density at radius 1 is 1.33 bits per heavy atom. The molecule has 0 heterocycles. The van der Waals surface area contributed by atoms with Crippen molar-refractivity contribution in [3.8, 4) is 0 Å². The van der Waals surface area contributed by atoms with Crippen molar-refractivity contribution in [2.45, 2.75) is 32.6 Å². The molecule has 2 nitrogen and oxygen atoms in total. The first kappa shape index (κ1) is 10.0. The van der Waals surface area contributed by atoms with Gasteiger partial charge in [0.25, 0.3) is 0 Å². The van der Waals surface area contributed by atoms with Gasteiger partial charge in [-0.05, 0) is 50.6 Å². The van der Waals surface area contributed by atoms with E-state index in [1.807, 2.05) is 0 Å². The monoisotopic (exact) mass is 171 g/mol. The fraction of sp³-hybridized carbons (Fsp3) is 1.00. The van der Waals surface area contributed by atoms with Crippen LogP contribution in [0.25, 0.3) is 0 Å². The maximum Gasteiger partial charge on any atom is 0.0443 e. The van der Waals surface area contributed by atoms with Crippen molar-refractivity contribution in [2.24, 2.45) is 11.8 Å². The molecular weight excluding hydrogens is 150 g/mol. The van der Waals surface area contributed by atoms with Gasteiger partial charge in [0.1, 0.15) is 0 Å². The molecule has 0 aromatic heterocycles. The normalized spacial score (nSPS) is 27.5. The Kier molecular flexibility index (Phi) is 4.62. The van der Waals surface area contributed by atoms with Crippen LogP contribution in [0.1, 0.15) is 32.6 Å². The van der Waals surface area contributed by atoms with E-state index in [2.05, 4.69) is 12.2 Å². The maximum absolute atomic E-state index is 8.52. The number of nitrogens with one attached hydrogen (secondary N) is 1. The maximum atomic E-state index is 8.52. The second kappa shape index (κ2) is 5.55. The lowest BCUT2D eigenvalue weighted by atomic mass is 10.2. The number of hydrogen-bond acceptors (Lipinski definition) is 2. The average molecular weight is 171 g/mol. The van der Waals surface area contributed by atoms with Gasteiger partial charge in [0.05, 0.1) is 0 Å². The highest BCUT2D eigenvalue weighted by Gasteiger charge is 2.31. The Morgan fingerprint density at radius 2 is 2.00 bits per heavy atom. The Hall–Kier alpha value is -0.0800. The van der Waals surface area contributed by atoms with Gasteiger partial charge in [-0.3, -0.25) is 0 Å². The quantitative estimate of drug-likeness (QED) is 0.567. The van der Waals surface area contributed by atoms with Gasteiger partial charge in [-0.25, -0.2) is 0 Å². The van der Waals surface area contributed by atoms with Crippen LogP contribution < -0.4 is 5.32 Å². The van der Waals surface area contributed by atoms with Crippen LogP contribution >= 0.6 is 0 Å². The molecule has 0 aromatic rings. The van der Waals surface area contributed by atoms with E-state index in [-0.39, 0.29) is 0 Å². The first-order valence-corrected chi connectivity index (χ1v) is 5.16. The standard InChI is InChI=1S/C10H21NO/c1-9-8-10(9)4-2-5-11-6-3-7-12/h9-12H,2-8H2,1H3.